The summed E-state index contributed by atoms with van der Waals surface area (Å²) >= 11 is 0. The number of ether oxygens (including phenoxy) is 2. The molecule has 0 spiro atoms. The first-order chi connectivity index (χ1) is 54.0. The Hall–Kier alpha value is -9.22. The highest BCUT2D eigenvalue weighted by Gasteiger charge is 2.48. The van der Waals surface area contributed by atoms with Gasteiger partial charge >= 0.3 is 24.1 Å². The second kappa shape index (κ2) is 41.2. The Bertz CT molecular complexity index is 3750. The smallest absolute Gasteiger partial charge is 0.408 e. The Morgan fingerprint density at radius 3 is 0.903 bits per heavy atom. The molecule has 9 N–H and O–H groups in total. The number of carbonyl (C=O) groups excluding carboxylic acids is 6. The SMILES string of the molecule is CC(C)(C)OC(=O)NC1(C(=O)N2CCN(c3ccccc3)CC2)CCCCC1.CC(C)(C)OC(=O)NC1(C(=O)O)CCCCC1.NC1(C(=O)N2CCN(c3ccccc3)CC2)CCCCC1.NC1(C(=O)O)CCCCC1.O=C(CC(c1ccccc1)c1ccccc1)NC1(C(=O)N2CCN(c3ccccc3)CC2)CCCCC1. The lowest BCUT2D eigenvalue weighted by Gasteiger charge is -2.43. The van der Waals surface area contributed by atoms with Gasteiger partial charge in [0.25, 0.3) is 0 Å². The van der Waals surface area contributed by atoms with Gasteiger partial charge in [0, 0.05) is 108 Å². The number of benzene rings is 5. The van der Waals surface area contributed by atoms with Gasteiger partial charge in [0.1, 0.15) is 33.4 Å². The highest BCUT2D eigenvalue weighted by atomic mass is 16.6. The van der Waals surface area contributed by atoms with Crippen LogP contribution >= 0.6 is 0 Å². The van der Waals surface area contributed by atoms with Crippen LogP contribution in [0.5, 0.6) is 0 Å². The molecule has 3 aliphatic heterocycles. The Labute approximate surface area is 671 Å². The van der Waals surface area contributed by atoms with Gasteiger partial charge in [-0.1, -0.05) is 212 Å². The molecule has 5 saturated carbocycles. The van der Waals surface area contributed by atoms with Crippen molar-refractivity contribution in [1.82, 2.24) is 30.7 Å². The molecule has 0 radical (unpaired) electrons. The van der Waals surface area contributed by atoms with Gasteiger partial charge in [-0.2, -0.15) is 0 Å². The number of hydrogen-bond donors (Lipinski definition) is 7. The Balaban J connectivity index is 0.000000171. The summed E-state index contributed by atoms with van der Waals surface area (Å²) in [5.74, 6) is -1.58. The van der Waals surface area contributed by atoms with Crippen LogP contribution in [-0.2, 0) is 38.2 Å². The van der Waals surface area contributed by atoms with Crippen molar-refractivity contribution in [3.63, 3.8) is 0 Å². The Kier molecular flexibility index (Phi) is 32.0. The maximum Gasteiger partial charge on any atom is 0.408 e. The van der Waals surface area contributed by atoms with Gasteiger partial charge in [0.2, 0.25) is 23.6 Å². The van der Waals surface area contributed by atoms with Crippen molar-refractivity contribution in [1.29, 1.82) is 0 Å². The van der Waals surface area contributed by atoms with Crippen molar-refractivity contribution in [2.45, 2.75) is 253 Å². The van der Waals surface area contributed by atoms with Crippen LogP contribution in [0.15, 0.2) is 152 Å². The second-order valence-corrected chi connectivity index (χ2v) is 34.2. The van der Waals surface area contributed by atoms with Crippen LogP contribution in [0.4, 0.5) is 26.7 Å². The van der Waals surface area contributed by atoms with Gasteiger partial charge in [0.05, 0.1) is 5.54 Å². The quantitative estimate of drug-likeness (QED) is 0.0512. The van der Waals surface area contributed by atoms with Gasteiger partial charge in [-0.15, -0.1) is 0 Å². The number of anilines is 3. The van der Waals surface area contributed by atoms with Crippen LogP contribution in [0.25, 0.3) is 0 Å². The van der Waals surface area contributed by atoms with E-state index in [2.05, 4.69) is 116 Å². The van der Waals surface area contributed by atoms with Gasteiger partial charge in [0.15, 0.2) is 0 Å². The summed E-state index contributed by atoms with van der Waals surface area (Å²) in [6, 6.07) is 51.5. The Morgan fingerprint density at radius 1 is 0.345 bits per heavy atom. The molecule has 8 fully saturated rings. The third kappa shape index (κ3) is 25.6. The van der Waals surface area contributed by atoms with E-state index in [9.17, 15) is 43.5 Å². The number of nitrogens with zero attached hydrogens (tertiary/aromatic N) is 6. The predicted octanol–water partition coefficient (Wildman–Crippen LogP) is 14.0. The number of amides is 6. The average Bonchev–Trinajstić information content (AvgIpc) is 0.794. The topological polar surface area (TPSA) is 303 Å². The van der Waals surface area contributed by atoms with E-state index >= 15 is 0 Å². The van der Waals surface area contributed by atoms with Crippen molar-refractivity contribution in [2.75, 3.05) is 93.2 Å². The number of piperazine rings is 3. The van der Waals surface area contributed by atoms with Gasteiger partial charge in [-0.3, -0.25) is 24.0 Å². The molecule has 113 heavy (non-hydrogen) atoms. The zero-order valence-electron chi connectivity index (χ0n) is 68.2. The maximum absolute atomic E-state index is 14.0. The van der Waals surface area contributed by atoms with Crippen molar-refractivity contribution in [2.24, 2.45) is 11.5 Å². The molecule has 0 unspecified atom stereocenters. The molecule has 5 aliphatic carbocycles. The van der Waals surface area contributed by atoms with Gasteiger partial charge in [-0.25, -0.2) is 14.4 Å². The zero-order valence-corrected chi connectivity index (χ0v) is 68.2. The minimum Gasteiger partial charge on any atom is -0.480 e. The first-order valence-corrected chi connectivity index (χ1v) is 41.8. The van der Waals surface area contributed by atoms with Gasteiger partial charge in [-0.05, 0) is 153 Å². The number of nitrogens with one attached hydrogen (secondary N) is 3. The van der Waals surface area contributed by atoms with Crippen molar-refractivity contribution < 1.29 is 58.0 Å². The normalized spacial score (nSPS) is 19.8. The fourth-order valence-electron chi connectivity index (χ4n) is 17.1. The molecule has 5 aromatic carbocycles. The molecule has 0 aromatic heterocycles. The summed E-state index contributed by atoms with van der Waals surface area (Å²) in [6.07, 6.45) is 21.1. The molecule has 23 heteroatoms. The first-order valence-electron chi connectivity index (χ1n) is 41.8. The number of para-hydroxylation sites is 3. The van der Waals surface area contributed by atoms with E-state index in [4.69, 9.17) is 26.0 Å². The number of hydrogen-bond acceptors (Lipinski definition) is 15. The molecule has 3 saturated heterocycles. The van der Waals surface area contributed by atoms with E-state index in [0.29, 0.717) is 71.1 Å². The van der Waals surface area contributed by atoms with Crippen LogP contribution in [0.3, 0.4) is 0 Å². The molecule has 0 atom stereocenters. The minimum absolute atomic E-state index is 0.0455. The highest BCUT2D eigenvalue weighted by molar-refractivity contribution is 5.93. The predicted molar refractivity (Wildman–Crippen MR) is 445 cm³/mol. The maximum atomic E-state index is 14.0. The van der Waals surface area contributed by atoms with E-state index in [1.807, 2.05) is 102 Å². The number of carboxylic acid groups (broad SMARTS) is 2. The summed E-state index contributed by atoms with van der Waals surface area (Å²) in [5, 5.41) is 26.7. The molecular weight excluding hydrogens is 1430 g/mol. The van der Waals surface area contributed by atoms with Crippen molar-refractivity contribution in [3.05, 3.63) is 163 Å². The number of nitrogens with two attached hydrogens (primary N) is 2. The molecule has 8 aliphatic rings. The summed E-state index contributed by atoms with van der Waals surface area (Å²) in [7, 11) is 0. The fraction of sp³-hybridized carbons (Fsp3) is 0.578. The third-order valence-electron chi connectivity index (χ3n) is 23.4. The lowest BCUT2D eigenvalue weighted by molar-refractivity contribution is -0.146. The number of carbonyl (C=O) groups is 8. The van der Waals surface area contributed by atoms with Crippen LogP contribution in [0.1, 0.15) is 226 Å². The lowest BCUT2D eigenvalue weighted by Crippen LogP contribution is -2.63. The van der Waals surface area contributed by atoms with Crippen LogP contribution < -0.4 is 42.1 Å². The summed E-state index contributed by atoms with van der Waals surface area (Å²) in [5.41, 5.74) is 12.4. The monoisotopic (exact) mass is 1560 g/mol. The minimum atomic E-state index is -1.14. The molecule has 23 nitrogen and oxygen atoms in total. The molecule has 616 valence electrons. The number of alkyl carbamates (subject to hydrolysis) is 2. The molecular formula is C90H129N11O12. The third-order valence-corrected chi connectivity index (χ3v) is 23.4. The van der Waals surface area contributed by atoms with E-state index in [-0.39, 0.29) is 29.5 Å². The van der Waals surface area contributed by atoms with E-state index in [1.165, 1.54) is 23.5 Å². The lowest BCUT2D eigenvalue weighted by atomic mass is 9.79. The Morgan fingerprint density at radius 2 is 0.611 bits per heavy atom. The number of carboxylic acids is 2. The zero-order chi connectivity index (χ0) is 81.1. The standard InChI is InChI=1S/C32H37N3O2.C22H33N3O3.C17H25N3O.C12H21NO4.C7H13NO2/c36-30(25-29(26-13-5-1-6-14-26)27-15-7-2-8-16-27)33-32(19-11-4-12-20-32)31(37)35-23-21-34(22-24-35)28-17-9-3-10-18-28;1-21(2,3)28-20(27)23-22(12-8-5-9-13-22)19(26)25-16-14-24(15-17-25)18-10-6-4-7-11-18;18-17(9-5-2-6-10-17)16(21)20-13-11-19(12-14-20)15-7-3-1-4-8-15;1-11(2,3)17-10(16)13-12(9(14)15)7-5-4-6-8-12;8-7(6(9)10)4-2-1-3-5-7/h1-3,5-10,13-18,29H,4,11-12,19-25H2,(H,33,36);4,6-7,10-11H,5,8-9,12-17H2,1-3H3,(H,23,27);1,3-4,7-8H,2,5-6,9-14,18H2;4-8H2,1-3H3,(H,13,16)(H,14,15);1-5,8H2,(H,9,10). The summed E-state index contributed by atoms with van der Waals surface area (Å²) in [6.45, 7) is 20.1. The van der Waals surface area contributed by atoms with Gasteiger partial charge < -0.3 is 76.5 Å². The van der Waals surface area contributed by atoms with E-state index in [1.54, 1.807) is 20.8 Å². The first kappa shape index (κ1) is 87.7. The van der Waals surface area contributed by atoms with Crippen LogP contribution in [0, 0.1) is 0 Å². The second-order valence-electron chi connectivity index (χ2n) is 34.2. The highest BCUT2D eigenvalue weighted by Crippen LogP contribution is 2.37. The van der Waals surface area contributed by atoms with Crippen molar-refractivity contribution in [3.8, 4) is 0 Å². The van der Waals surface area contributed by atoms with Crippen LogP contribution in [-0.4, -0.2) is 190 Å². The molecule has 13 rings (SSSR count). The van der Waals surface area contributed by atoms with E-state index in [0.717, 1.165) is 179 Å². The number of rotatable bonds is 15. The fourth-order valence-corrected chi connectivity index (χ4v) is 17.1. The summed E-state index contributed by atoms with van der Waals surface area (Å²) < 4.78 is 10.6. The molecule has 6 amide bonds. The molecule has 3 heterocycles. The van der Waals surface area contributed by atoms with E-state index < -0.39 is 63.0 Å². The molecule has 5 aromatic rings. The number of aliphatic carboxylic acids is 2. The summed E-state index contributed by atoms with van der Waals surface area (Å²) in [4.78, 5) is 113. The molecule has 0 bridgehead atoms. The van der Waals surface area contributed by atoms with Crippen molar-refractivity contribution >= 4 is 64.8 Å². The average molecular weight is 1560 g/mol. The van der Waals surface area contributed by atoms with Crippen LogP contribution in [0.2, 0.25) is 0 Å². The largest absolute Gasteiger partial charge is 0.480 e.